The van der Waals surface area contributed by atoms with E-state index in [0.29, 0.717) is 13.0 Å². The van der Waals surface area contributed by atoms with Gasteiger partial charge < -0.3 is 10.8 Å². The molecule has 4 heteroatoms. The Morgan fingerprint density at radius 1 is 1.67 bits per heavy atom. The standard InChI is InChI=1S/C8H14N2OS/c1-3-6(11)8-10-5(2)7(4-9)12-8/h6,11H,3-4,9H2,1-2H3. The molecule has 1 rings (SSSR count). The molecular formula is C8H14N2OS. The zero-order chi connectivity index (χ0) is 9.14. The summed E-state index contributed by atoms with van der Waals surface area (Å²) in [4.78, 5) is 5.31. The van der Waals surface area contributed by atoms with Gasteiger partial charge in [-0.2, -0.15) is 0 Å². The van der Waals surface area contributed by atoms with Crippen molar-refractivity contribution in [3.8, 4) is 0 Å². The van der Waals surface area contributed by atoms with E-state index >= 15 is 0 Å². The topological polar surface area (TPSA) is 59.1 Å². The molecule has 3 N–H and O–H groups in total. The highest BCUT2D eigenvalue weighted by Crippen LogP contribution is 2.24. The fourth-order valence-electron chi connectivity index (χ4n) is 0.957. The first-order chi connectivity index (χ1) is 5.69. The predicted molar refractivity (Wildman–Crippen MR) is 50.0 cm³/mol. The normalized spacial score (nSPS) is 13.3. The third-order valence-electron chi connectivity index (χ3n) is 1.77. The van der Waals surface area contributed by atoms with Gasteiger partial charge >= 0.3 is 0 Å². The van der Waals surface area contributed by atoms with E-state index in [2.05, 4.69) is 4.98 Å². The molecule has 0 bridgehead atoms. The van der Waals surface area contributed by atoms with E-state index < -0.39 is 6.10 Å². The molecule has 0 aliphatic rings. The first kappa shape index (κ1) is 9.64. The Kier molecular flexibility index (Phi) is 3.20. The third kappa shape index (κ3) is 1.83. The van der Waals surface area contributed by atoms with Crippen LogP contribution in [-0.4, -0.2) is 10.1 Å². The van der Waals surface area contributed by atoms with Crippen LogP contribution in [0.5, 0.6) is 0 Å². The molecule has 0 fully saturated rings. The Morgan fingerprint density at radius 3 is 2.75 bits per heavy atom. The third-order valence-corrected chi connectivity index (χ3v) is 3.05. The Hall–Kier alpha value is -0.450. The molecule has 0 radical (unpaired) electrons. The summed E-state index contributed by atoms with van der Waals surface area (Å²) >= 11 is 1.51. The molecule has 0 aliphatic carbocycles. The van der Waals surface area contributed by atoms with Crippen LogP contribution in [0.2, 0.25) is 0 Å². The SMILES string of the molecule is CCC(O)c1nc(C)c(CN)s1. The van der Waals surface area contributed by atoms with Crippen molar-refractivity contribution in [2.75, 3.05) is 0 Å². The van der Waals surface area contributed by atoms with E-state index in [1.165, 1.54) is 11.3 Å². The first-order valence-corrected chi connectivity index (χ1v) is 4.85. The van der Waals surface area contributed by atoms with Gasteiger partial charge in [-0.15, -0.1) is 11.3 Å². The molecule has 0 saturated heterocycles. The molecule has 1 atom stereocenters. The van der Waals surface area contributed by atoms with Gasteiger partial charge in [0.1, 0.15) is 11.1 Å². The molecule has 1 heterocycles. The predicted octanol–water partition coefficient (Wildman–Crippen LogP) is 1.35. The van der Waals surface area contributed by atoms with Crippen molar-refractivity contribution in [1.29, 1.82) is 0 Å². The van der Waals surface area contributed by atoms with Crippen molar-refractivity contribution in [3.63, 3.8) is 0 Å². The molecule has 0 saturated carbocycles. The van der Waals surface area contributed by atoms with Crippen molar-refractivity contribution < 1.29 is 5.11 Å². The molecule has 0 amide bonds. The second kappa shape index (κ2) is 3.98. The van der Waals surface area contributed by atoms with Crippen molar-refractivity contribution >= 4 is 11.3 Å². The molecule has 3 nitrogen and oxygen atoms in total. The second-order valence-corrected chi connectivity index (χ2v) is 3.80. The Balaban J connectivity index is 2.88. The first-order valence-electron chi connectivity index (χ1n) is 4.03. The van der Waals surface area contributed by atoms with Crippen LogP contribution in [0.15, 0.2) is 0 Å². The maximum atomic E-state index is 9.47. The lowest BCUT2D eigenvalue weighted by Crippen LogP contribution is -1.94. The van der Waals surface area contributed by atoms with Crippen molar-refractivity contribution in [2.24, 2.45) is 5.73 Å². The quantitative estimate of drug-likeness (QED) is 0.749. The van der Waals surface area contributed by atoms with Gasteiger partial charge in [-0.25, -0.2) is 4.98 Å². The van der Waals surface area contributed by atoms with E-state index in [0.717, 1.165) is 15.6 Å². The molecule has 1 aromatic rings. The lowest BCUT2D eigenvalue weighted by Gasteiger charge is -2.00. The highest BCUT2D eigenvalue weighted by atomic mass is 32.1. The monoisotopic (exact) mass is 186 g/mol. The maximum absolute atomic E-state index is 9.47. The maximum Gasteiger partial charge on any atom is 0.122 e. The fraction of sp³-hybridized carbons (Fsp3) is 0.625. The Labute approximate surface area is 76.3 Å². The van der Waals surface area contributed by atoms with Gasteiger partial charge in [-0.1, -0.05) is 6.92 Å². The minimum absolute atomic E-state index is 0.422. The Bertz CT molecular complexity index is 260. The van der Waals surface area contributed by atoms with E-state index in [4.69, 9.17) is 5.73 Å². The number of hydrogen-bond donors (Lipinski definition) is 2. The van der Waals surface area contributed by atoms with Crippen molar-refractivity contribution in [1.82, 2.24) is 4.98 Å². The van der Waals surface area contributed by atoms with Crippen LogP contribution in [0.4, 0.5) is 0 Å². The molecule has 0 aromatic carbocycles. The highest BCUT2D eigenvalue weighted by molar-refractivity contribution is 7.11. The number of nitrogens with zero attached hydrogens (tertiary/aromatic N) is 1. The summed E-state index contributed by atoms with van der Waals surface area (Å²) in [6.07, 6.45) is 0.283. The Morgan fingerprint density at radius 2 is 2.33 bits per heavy atom. The van der Waals surface area contributed by atoms with E-state index in [9.17, 15) is 5.11 Å². The summed E-state index contributed by atoms with van der Waals surface area (Å²) in [5.74, 6) is 0. The molecular weight excluding hydrogens is 172 g/mol. The van der Waals surface area contributed by atoms with Gasteiger partial charge in [0.05, 0.1) is 5.69 Å². The lowest BCUT2D eigenvalue weighted by molar-refractivity contribution is 0.173. The summed E-state index contributed by atoms with van der Waals surface area (Å²) in [5.41, 5.74) is 6.44. The van der Waals surface area contributed by atoms with Crippen LogP contribution >= 0.6 is 11.3 Å². The second-order valence-electron chi connectivity index (χ2n) is 2.69. The fourth-order valence-corrected chi connectivity index (χ4v) is 1.97. The number of rotatable bonds is 3. The average molecular weight is 186 g/mol. The molecule has 0 aliphatic heterocycles. The molecule has 12 heavy (non-hydrogen) atoms. The summed E-state index contributed by atoms with van der Waals surface area (Å²) in [5, 5.41) is 10.3. The largest absolute Gasteiger partial charge is 0.386 e. The van der Waals surface area contributed by atoms with Crippen LogP contribution in [0.3, 0.4) is 0 Å². The van der Waals surface area contributed by atoms with E-state index in [1.807, 2.05) is 13.8 Å². The lowest BCUT2D eigenvalue weighted by atomic mass is 10.3. The van der Waals surface area contributed by atoms with Gasteiger partial charge in [-0.3, -0.25) is 0 Å². The van der Waals surface area contributed by atoms with Gasteiger partial charge in [0, 0.05) is 11.4 Å². The number of aliphatic hydroxyl groups excluding tert-OH is 1. The number of aryl methyl sites for hydroxylation is 1. The zero-order valence-corrected chi connectivity index (χ0v) is 8.19. The molecule has 0 spiro atoms. The van der Waals surface area contributed by atoms with Crippen LogP contribution in [0.25, 0.3) is 0 Å². The zero-order valence-electron chi connectivity index (χ0n) is 7.37. The van der Waals surface area contributed by atoms with Crippen LogP contribution in [-0.2, 0) is 6.54 Å². The van der Waals surface area contributed by atoms with Gasteiger partial charge in [0.15, 0.2) is 0 Å². The van der Waals surface area contributed by atoms with Crippen LogP contribution in [0.1, 0.15) is 35.0 Å². The van der Waals surface area contributed by atoms with Gasteiger partial charge in [0.2, 0.25) is 0 Å². The smallest absolute Gasteiger partial charge is 0.122 e. The van der Waals surface area contributed by atoms with E-state index in [1.54, 1.807) is 0 Å². The highest BCUT2D eigenvalue weighted by Gasteiger charge is 2.12. The van der Waals surface area contributed by atoms with E-state index in [-0.39, 0.29) is 0 Å². The summed E-state index contributed by atoms with van der Waals surface area (Å²) < 4.78 is 0. The number of hydrogen-bond acceptors (Lipinski definition) is 4. The molecule has 68 valence electrons. The number of aliphatic hydroxyl groups is 1. The number of aromatic nitrogens is 1. The average Bonchev–Trinajstić information content (AvgIpc) is 2.45. The summed E-state index contributed by atoms with van der Waals surface area (Å²) in [6, 6.07) is 0. The van der Waals surface area contributed by atoms with Crippen LogP contribution < -0.4 is 5.73 Å². The molecule has 1 unspecified atom stereocenters. The van der Waals surface area contributed by atoms with Crippen molar-refractivity contribution in [2.45, 2.75) is 32.9 Å². The minimum atomic E-state index is -0.422. The van der Waals surface area contributed by atoms with Gasteiger partial charge in [0.25, 0.3) is 0 Å². The number of thiazole rings is 1. The van der Waals surface area contributed by atoms with Crippen LogP contribution in [0, 0.1) is 6.92 Å². The minimum Gasteiger partial charge on any atom is -0.386 e. The van der Waals surface area contributed by atoms with Gasteiger partial charge in [-0.05, 0) is 13.3 Å². The summed E-state index contributed by atoms with van der Waals surface area (Å²) in [6.45, 7) is 4.37. The summed E-state index contributed by atoms with van der Waals surface area (Å²) in [7, 11) is 0. The van der Waals surface area contributed by atoms with Crippen molar-refractivity contribution in [3.05, 3.63) is 15.6 Å². The molecule has 1 aromatic heterocycles. The number of nitrogens with two attached hydrogens (primary N) is 1.